The van der Waals surface area contributed by atoms with Crippen LogP contribution in [0.3, 0.4) is 0 Å². The van der Waals surface area contributed by atoms with Crippen LogP contribution in [0.1, 0.15) is 23.1 Å². The Morgan fingerprint density at radius 2 is 2.05 bits per heavy atom. The standard InChI is InChI=1S/C14H19N3O2S2/c1-3-11-4-5-13(8-12(11)9-15-2)21(18,19)17-10-14-16-6-7-20-14/h4-8,15,17H,3,9-10H2,1-2H3. The van der Waals surface area contributed by atoms with E-state index >= 15 is 0 Å². The van der Waals surface area contributed by atoms with Gasteiger partial charge >= 0.3 is 0 Å². The van der Waals surface area contributed by atoms with Crippen molar-refractivity contribution in [3.63, 3.8) is 0 Å². The van der Waals surface area contributed by atoms with Crippen molar-refractivity contribution in [3.05, 3.63) is 45.9 Å². The van der Waals surface area contributed by atoms with Crippen molar-refractivity contribution < 1.29 is 8.42 Å². The summed E-state index contributed by atoms with van der Waals surface area (Å²) in [7, 11) is -1.66. The van der Waals surface area contributed by atoms with Gasteiger partial charge in [-0.3, -0.25) is 0 Å². The van der Waals surface area contributed by atoms with Crippen molar-refractivity contribution in [2.24, 2.45) is 0 Å². The average molecular weight is 325 g/mol. The Hall–Kier alpha value is -1.28. The summed E-state index contributed by atoms with van der Waals surface area (Å²) < 4.78 is 27.2. The molecule has 0 saturated carbocycles. The van der Waals surface area contributed by atoms with Gasteiger partial charge in [-0.2, -0.15) is 0 Å². The summed E-state index contributed by atoms with van der Waals surface area (Å²) in [6.45, 7) is 2.93. The maximum absolute atomic E-state index is 12.3. The number of hydrogen-bond acceptors (Lipinski definition) is 5. The molecule has 0 aliphatic carbocycles. The molecule has 0 aliphatic heterocycles. The third-order valence-corrected chi connectivity index (χ3v) is 5.31. The van der Waals surface area contributed by atoms with Crippen LogP contribution in [0.5, 0.6) is 0 Å². The minimum absolute atomic E-state index is 0.219. The third-order valence-electron chi connectivity index (χ3n) is 3.13. The number of aryl methyl sites for hydroxylation is 1. The number of hydrogen-bond donors (Lipinski definition) is 2. The van der Waals surface area contributed by atoms with Crippen LogP contribution in [0, 0.1) is 0 Å². The van der Waals surface area contributed by atoms with E-state index in [0.29, 0.717) is 11.4 Å². The molecule has 0 atom stereocenters. The molecule has 2 aromatic rings. The first-order valence-electron chi connectivity index (χ1n) is 6.71. The topological polar surface area (TPSA) is 71.1 Å². The van der Waals surface area contributed by atoms with E-state index in [1.165, 1.54) is 11.3 Å². The predicted octanol–water partition coefficient (Wildman–Crippen LogP) is 1.90. The SMILES string of the molecule is CCc1ccc(S(=O)(=O)NCc2nccs2)cc1CNC. The summed E-state index contributed by atoms with van der Waals surface area (Å²) >= 11 is 1.43. The third kappa shape index (κ3) is 4.10. The van der Waals surface area contributed by atoms with Crippen LogP contribution < -0.4 is 10.0 Å². The number of nitrogens with zero attached hydrogens (tertiary/aromatic N) is 1. The van der Waals surface area contributed by atoms with Crippen LogP contribution in [-0.2, 0) is 29.5 Å². The van der Waals surface area contributed by atoms with Gasteiger partial charge in [0.15, 0.2) is 0 Å². The van der Waals surface area contributed by atoms with Crippen molar-refractivity contribution in [3.8, 4) is 0 Å². The van der Waals surface area contributed by atoms with E-state index in [4.69, 9.17) is 0 Å². The van der Waals surface area contributed by atoms with Crippen LogP contribution in [0.4, 0.5) is 0 Å². The number of aromatic nitrogens is 1. The number of rotatable bonds is 7. The van der Waals surface area contributed by atoms with Gasteiger partial charge in [-0.05, 0) is 36.7 Å². The van der Waals surface area contributed by atoms with Crippen molar-refractivity contribution in [2.75, 3.05) is 7.05 Å². The lowest BCUT2D eigenvalue weighted by atomic mass is 10.1. The first kappa shape index (κ1) is 16.1. The summed E-state index contributed by atoms with van der Waals surface area (Å²) in [5, 5.41) is 5.64. The normalized spacial score (nSPS) is 11.7. The Balaban J connectivity index is 2.20. The molecule has 1 aromatic heterocycles. The fourth-order valence-corrected chi connectivity index (χ4v) is 3.74. The molecular formula is C14H19N3O2S2. The van der Waals surface area contributed by atoms with E-state index in [1.54, 1.807) is 18.3 Å². The second-order valence-corrected chi connectivity index (χ2v) is 7.31. The molecule has 0 aliphatic rings. The van der Waals surface area contributed by atoms with Crippen molar-refractivity contribution in [2.45, 2.75) is 31.3 Å². The monoisotopic (exact) mass is 325 g/mol. The number of benzene rings is 1. The molecular weight excluding hydrogens is 306 g/mol. The van der Waals surface area contributed by atoms with Crippen LogP contribution >= 0.6 is 11.3 Å². The molecule has 21 heavy (non-hydrogen) atoms. The van der Waals surface area contributed by atoms with E-state index in [2.05, 4.69) is 21.9 Å². The number of sulfonamides is 1. The van der Waals surface area contributed by atoms with Crippen LogP contribution in [0.15, 0.2) is 34.7 Å². The van der Waals surface area contributed by atoms with Gasteiger partial charge in [0.25, 0.3) is 0 Å². The van der Waals surface area contributed by atoms with E-state index in [1.807, 2.05) is 18.5 Å². The van der Waals surface area contributed by atoms with Gasteiger partial charge in [-0.15, -0.1) is 11.3 Å². The van der Waals surface area contributed by atoms with E-state index in [-0.39, 0.29) is 6.54 Å². The Labute approximate surface area is 129 Å². The highest BCUT2D eigenvalue weighted by atomic mass is 32.2. The van der Waals surface area contributed by atoms with Gasteiger partial charge in [0.2, 0.25) is 10.0 Å². The molecule has 2 N–H and O–H groups in total. The summed E-state index contributed by atoms with van der Waals surface area (Å²) in [5.41, 5.74) is 2.17. The average Bonchev–Trinajstić information content (AvgIpc) is 2.99. The van der Waals surface area contributed by atoms with E-state index < -0.39 is 10.0 Å². The smallest absolute Gasteiger partial charge is 0.240 e. The zero-order valence-electron chi connectivity index (χ0n) is 12.1. The summed E-state index contributed by atoms with van der Waals surface area (Å²) in [6.07, 6.45) is 2.54. The highest BCUT2D eigenvalue weighted by Crippen LogP contribution is 2.17. The maximum atomic E-state index is 12.3. The molecule has 0 unspecified atom stereocenters. The Morgan fingerprint density at radius 3 is 2.67 bits per heavy atom. The molecule has 0 saturated heterocycles. The van der Waals surface area contributed by atoms with Gasteiger partial charge < -0.3 is 5.32 Å². The highest BCUT2D eigenvalue weighted by molar-refractivity contribution is 7.89. The second-order valence-electron chi connectivity index (χ2n) is 4.56. The predicted molar refractivity (Wildman–Crippen MR) is 84.7 cm³/mol. The Morgan fingerprint density at radius 1 is 1.24 bits per heavy atom. The molecule has 0 bridgehead atoms. The zero-order chi connectivity index (χ0) is 15.3. The first-order valence-corrected chi connectivity index (χ1v) is 9.07. The molecule has 114 valence electrons. The van der Waals surface area contributed by atoms with Crippen molar-refractivity contribution in [1.82, 2.24) is 15.0 Å². The van der Waals surface area contributed by atoms with E-state index in [0.717, 1.165) is 22.6 Å². The van der Waals surface area contributed by atoms with Gasteiger partial charge in [0.05, 0.1) is 11.4 Å². The molecule has 1 aromatic carbocycles. The Bertz CT molecular complexity index is 682. The molecule has 0 fully saturated rings. The van der Waals surface area contributed by atoms with Gasteiger partial charge in [-0.1, -0.05) is 13.0 Å². The lowest BCUT2D eigenvalue weighted by Gasteiger charge is -2.11. The largest absolute Gasteiger partial charge is 0.316 e. The van der Waals surface area contributed by atoms with Gasteiger partial charge in [0.1, 0.15) is 5.01 Å². The van der Waals surface area contributed by atoms with Crippen molar-refractivity contribution >= 4 is 21.4 Å². The highest BCUT2D eigenvalue weighted by Gasteiger charge is 2.16. The van der Waals surface area contributed by atoms with Crippen LogP contribution in [0.25, 0.3) is 0 Å². The van der Waals surface area contributed by atoms with E-state index in [9.17, 15) is 8.42 Å². The lowest BCUT2D eigenvalue weighted by Crippen LogP contribution is -2.23. The first-order chi connectivity index (χ1) is 10.1. The lowest BCUT2D eigenvalue weighted by molar-refractivity contribution is 0.581. The molecule has 5 nitrogen and oxygen atoms in total. The Kier molecular flexibility index (Phi) is 5.46. The molecule has 2 rings (SSSR count). The molecule has 0 spiro atoms. The minimum Gasteiger partial charge on any atom is -0.316 e. The summed E-state index contributed by atoms with van der Waals surface area (Å²) in [6, 6.07) is 5.27. The summed E-state index contributed by atoms with van der Waals surface area (Å²) in [4.78, 5) is 4.36. The van der Waals surface area contributed by atoms with Crippen LogP contribution in [0.2, 0.25) is 0 Å². The second kappa shape index (κ2) is 7.13. The fraction of sp³-hybridized carbons (Fsp3) is 0.357. The summed E-state index contributed by atoms with van der Waals surface area (Å²) in [5.74, 6) is 0. The molecule has 7 heteroatoms. The number of nitrogens with one attached hydrogen (secondary N) is 2. The molecule has 1 heterocycles. The quantitative estimate of drug-likeness (QED) is 0.816. The minimum atomic E-state index is -3.51. The molecule has 0 amide bonds. The van der Waals surface area contributed by atoms with Crippen molar-refractivity contribution in [1.29, 1.82) is 0 Å². The fourth-order valence-electron chi connectivity index (χ4n) is 2.05. The van der Waals surface area contributed by atoms with Crippen LogP contribution in [-0.4, -0.2) is 20.4 Å². The van der Waals surface area contributed by atoms with Gasteiger partial charge in [-0.25, -0.2) is 18.1 Å². The number of thiazole rings is 1. The van der Waals surface area contributed by atoms with Gasteiger partial charge in [0, 0.05) is 18.1 Å². The maximum Gasteiger partial charge on any atom is 0.240 e. The zero-order valence-corrected chi connectivity index (χ0v) is 13.7. The molecule has 0 radical (unpaired) electrons.